The molecule has 0 spiro atoms. The first kappa shape index (κ1) is 21.2. The van der Waals surface area contributed by atoms with E-state index in [1.807, 2.05) is 13.8 Å². The van der Waals surface area contributed by atoms with Crippen LogP contribution in [-0.4, -0.2) is 37.6 Å². The topological polar surface area (TPSA) is 81.2 Å². The summed E-state index contributed by atoms with van der Waals surface area (Å²) in [5.41, 5.74) is 3.87. The van der Waals surface area contributed by atoms with E-state index in [1.165, 1.54) is 7.11 Å². The van der Waals surface area contributed by atoms with Gasteiger partial charge in [-0.1, -0.05) is 0 Å². The predicted molar refractivity (Wildman–Crippen MR) is 113 cm³/mol. The zero-order valence-electron chi connectivity index (χ0n) is 16.0. The van der Waals surface area contributed by atoms with Crippen LogP contribution in [0.15, 0.2) is 47.6 Å². The number of benzene rings is 2. The highest BCUT2D eigenvalue weighted by atomic mass is 32.1. The quantitative estimate of drug-likeness (QED) is 0.231. The van der Waals surface area contributed by atoms with Crippen LogP contribution in [-0.2, 0) is 0 Å². The molecule has 0 heterocycles. The molecule has 0 aliphatic carbocycles. The maximum absolute atomic E-state index is 12.4. The fourth-order valence-corrected chi connectivity index (χ4v) is 2.42. The highest BCUT2D eigenvalue weighted by Crippen LogP contribution is 2.28. The van der Waals surface area contributed by atoms with Crippen LogP contribution in [0.4, 0.5) is 0 Å². The van der Waals surface area contributed by atoms with Gasteiger partial charge in [-0.05, 0) is 74.1 Å². The first-order valence-electron chi connectivity index (χ1n) is 8.77. The van der Waals surface area contributed by atoms with E-state index in [2.05, 4.69) is 15.8 Å². The maximum atomic E-state index is 12.4. The molecule has 0 unspecified atom stereocenters. The fourth-order valence-electron chi connectivity index (χ4n) is 2.23. The van der Waals surface area contributed by atoms with Gasteiger partial charge in [0.15, 0.2) is 16.6 Å². The van der Waals surface area contributed by atoms with Crippen molar-refractivity contribution < 1.29 is 19.0 Å². The van der Waals surface area contributed by atoms with E-state index in [1.54, 1.807) is 48.7 Å². The van der Waals surface area contributed by atoms with E-state index >= 15 is 0 Å². The second-order valence-corrected chi connectivity index (χ2v) is 5.89. The summed E-state index contributed by atoms with van der Waals surface area (Å²) in [6.07, 6.45) is 1.59. The predicted octanol–water partition coefficient (Wildman–Crippen LogP) is 3.13. The summed E-state index contributed by atoms with van der Waals surface area (Å²) in [6.45, 7) is 5.11. The Labute approximate surface area is 169 Å². The summed E-state index contributed by atoms with van der Waals surface area (Å²) in [4.78, 5) is 12.4. The summed E-state index contributed by atoms with van der Waals surface area (Å²) in [5, 5.41) is 7.41. The lowest BCUT2D eigenvalue weighted by molar-refractivity contribution is 0.0729. The molecule has 0 bridgehead atoms. The molecule has 0 aliphatic heterocycles. The number of rotatable bonds is 8. The SMILES string of the molecule is CCNC(=S)NN=Cc1ccc(OC(=O)c2ccc(OCC)cc2)c(OC)c1. The molecule has 28 heavy (non-hydrogen) atoms. The van der Waals surface area contributed by atoms with Gasteiger partial charge in [0.2, 0.25) is 0 Å². The number of carbonyl (C=O) groups excluding carboxylic acids is 1. The molecule has 0 atom stereocenters. The molecule has 0 fully saturated rings. The standard InChI is InChI=1S/C20H23N3O4S/c1-4-21-20(28)23-22-13-14-6-11-17(18(12-14)25-3)27-19(24)15-7-9-16(10-8-15)26-5-2/h6-13H,4-5H2,1-3H3,(H2,21,23,28). The van der Waals surface area contributed by atoms with Crippen molar-refractivity contribution in [2.24, 2.45) is 5.10 Å². The fraction of sp³-hybridized carbons (Fsp3) is 0.250. The zero-order chi connectivity index (χ0) is 20.4. The van der Waals surface area contributed by atoms with Gasteiger partial charge in [-0.2, -0.15) is 5.10 Å². The highest BCUT2D eigenvalue weighted by molar-refractivity contribution is 7.80. The number of methoxy groups -OCH3 is 1. The Morgan fingerprint density at radius 1 is 1.14 bits per heavy atom. The van der Waals surface area contributed by atoms with Crippen LogP contribution in [0.5, 0.6) is 17.2 Å². The number of ether oxygens (including phenoxy) is 3. The minimum Gasteiger partial charge on any atom is -0.494 e. The number of carbonyl (C=O) groups is 1. The minimum absolute atomic E-state index is 0.315. The summed E-state index contributed by atoms with van der Waals surface area (Å²) in [7, 11) is 1.50. The molecule has 0 amide bonds. The van der Waals surface area contributed by atoms with Crippen molar-refractivity contribution in [3.05, 3.63) is 53.6 Å². The summed E-state index contributed by atoms with van der Waals surface area (Å²) in [5.74, 6) is 0.940. The van der Waals surface area contributed by atoms with E-state index in [0.717, 1.165) is 5.56 Å². The number of esters is 1. The average Bonchev–Trinajstić information content (AvgIpc) is 2.70. The van der Waals surface area contributed by atoms with Crippen molar-refractivity contribution in [2.75, 3.05) is 20.3 Å². The molecule has 0 saturated carbocycles. The monoisotopic (exact) mass is 401 g/mol. The van der Waals surface area contributed by atoms with Crippen LogP contribution in [0.2, 0.25) is 0 Å². The first-order chi connectivity index (χ1) is 13.6. The van der Waals surface area contributed by atoms with Crippen molar-refractivity contribution in [2.45, 2.75) is 13.8 Å². The van der Waals surface area contributed by atoms with Crippen LogP contribution in [0.1, 0.15) is 29.8 Å². The molecule has 2 N–H and O–H groups in total. The molecule has 0 aromatic heterocycles. The van der Waals surface area contributed by atoms with Crippen molar-refractivity contribution in [3.8, 4) is 17.2 Å². The van der Waals surface area contributed by atoms with Crippen molar-refractivity contribution in [1.82, 2.24) is 10.7 Å². The van der Waals surface area contributed by atoms with E-state index in [4.69, 9.17) is 26.4 Å². The Hall–Kier alpha value is -3.13. The van der Waals surface area contributed by atoms with E-state index in [9.17, 15) is 4.79 Å². The van der Waals surface area contributed by atoms with Gasteiger partial charge in [0.05, 0.1) is 25.5 Å². The number of nitrogens with one attached hydrogen (secondary N) is 2. The number of hydrogen-bond acceptors (Lipinski definition) is 6. The average molecular weight is 401 g/mol. The van der Waals surface area contributed by atoms with Crippen molar-refractivity contribution >= 4 is 29.5 Å². The second kappa shape index (κ2) is 10.9. The van der Waals surface area contributed by atoms with Gasteiger partial charge in [-0.3, -0.25) is 5.43 Å². The molecule has 0 saturated heterocycles. The Bertz CT molecular complexity index is 838. The van der Waals surface area contributed by atoms with Gasteiger partial charge in [-0.15, -0.1) is 0 Å². The molecule has 8 heteroatoms. The minimum atomic E-state index is -0.486. The molecular weight excluding hydrogens is 378 g/mol. The Morgan fingerprint density at radius 2 is 1.89 bits per heavy atom. The van der Waals surface area contributed by atoms with Crippen molar-refractivity contribution in [3.63, 3.8) is 0 Å². The van der Waals surface area contributed by atoms with Crippen molar-refractivity contribution in [1.29, 1.82) is 0 Å². The van der Waals surface area contributed by atoms with E-state index in [-0.39, 0.29) is 0 Å². The molecule has 0 aliphatic rings. The molecule has 148 valence electrons. The second-order valence-electron chi connectivity index (χ2n) is 5.49. The lowest BCUT2D eigenvalue weighted by Gasteiger charge is -2.10. The van der Waals surface area contributed by atoms with Gasteiger partial charge in [0.1, 0.15) is 5.75 Å². The van der Waals surface area contributed by atoms with Gasteiger partial charge in [0, 0.05) is 6.54 Å². The Kier molecular flexibility index (Phi) is 8.23. The van der Waals surface area contributed by atoms with Crippen LogP contribution >= 0.6 is 12.2 Å². The molecule has 2 aromatic carbocycles. The number of hydrogen-bond donors (Lipinski definition) is 2. The molecule has 2 rings (SSSR count). The lowest BCUT2D eigenvalue weighted by atomic mass is 10.2. The van der Waals surface area contributed by atoms with Gasteiger partial charge >= 0.3 is 5.97 Å². The third-order valence-electron chi connectivity index (χ3n) is 3.51. The van der Waals surface area contributed by atoms with Crippen LogP contribution in [0.25, 0.3) is 0 Å². The summed E-state index contributed by atoms with van der Waals surface area (Å²) < 4.78 is 16.1. The summed E-state index contributed by atoms with van der Waals surface area (Å²) in [6, 6.07) is 11.9. The molecule has 2 aromatic rings. The Balaban J connectivity index is 2.05. The summed E-state index contributed by atoms with van der Waals surface area (Å²) >= 11 is 5.03. The van der Waals surface area contributed by atoms with Crippen LogP contribution in [0, 0.1) is 0 Å². The number of thiocarbonyl (C=S) groups is 1. The van der Waals surface area contributed by atoms with Gasteiger partial charge in [0.25, 0.3) is 0 Å². The number of nitrogens with zero attached hydrogens (tertiary/aromatic N) is 1. The Morgan fingerprint density at radius 3 is 2.54 bits per heavy atom. The first-order valence-corrected chi connectivity index (χ1v) is 9.18. The largest absolute Gasteiger partial charge is 0.494 e. The van der Waals surface area contributed by atoms with E-state index < -0.39 is 5.97 Å². The third kappa shape index (κ3) is 6.24. The smallest absolute Gasteiger partial charge is 0.343 e. The molecule has 0 radical (unpaired) electrons. The molecular formula is C20H23N3O4S. The van der Waals surface area contributed by atoms with Gasteiger partial charge < -0.3 is 19.5 Å². The third-order valence-corrected chi connectivity index (χ3v) is 3.74. The highest BCUT2D eigenvalue weighted by Gasteiger charge is 2.13. The van der Waals surface area contributed by atoms with Crippen LogP contribution in [0.3, 0.4) is 0 Å². The zero-order valence-corrected chi connectivity index (χ0v) is 16.8. The molecule has 7 nitrogen and oxygen atoms in total. The van der Waals surface area contributed by atoms with E-state index in [0.29, 0.717) is 41.1 Å². The van der Waals surface area contributed by atoms with Gasteiger partial charge in [-0.25, -0.2) is 4.79 Å². The van der Waals surface area contributed by atoms with Crippen LogP contribution < -0.4 is 25.0 Å². The lowest BCUT2D eigenvalue weighted by Crippen LogP contribution is -2.31. The maximum Gasteiger partial charge on any atom is 0.343 e. The number of hydrazone groups is 1. The normalized spacial score (nSPS) is 10.4.